The number of carbonyl (C=O) groups is 1. The van der Waals surface area contributed by atoms with Crippen LogP contribution < -0.4 is 20.2 Å². The molecule has 2 N–H and O–H groups in total. The first-order valence-electron chi connectivity index (χ1n) is 7.71. The van der Waals surface area contributed by atoms with Crippen LogP contribution in [0.15, 0.2) is 45.9 Å². The molecule has 1 aromatic carbocycles. The Kier molecular flexibility index (Phi) is 4.74. The van der Waals surface area contributed by atoms with Crippen LogP contribution in [-0.4, -0.2) is 31.7 Å². The van der Waals surface area contributed by atoms with E-state index in [0.29, 0.717) is 13.0 Å². The summed E-state index contributed by atoms with van der Waals surface area (Å²) in [5.74, 6) is 0.338. The molecule has 0 atom stereocenters. The average Bonchev–Trinajstić information content (AvgIpc) is 3.03. The minimum Gasteiger partial charge on any atom is -0.497 e. The van der Waals surface area contributed by atoms with Gasteiger partial charge >= 0.3 is 0 Å². The van der Waals surface area contributed by atoms with Crippen molar-refractivity contribution < 1.29 is 18.7 Å². The first-order chi connectivity index (χ1) is 12.1. The number of hydrogen-bond acceptors (Lipinski definition) is 5. The van der Waals surface area contributed by atoms with Gasteiger partial charge in [-0.1, -0.05) is 0 Å². The van der Waals surface area contributed by atoms with E-state index in [0.717, 1.165) is 34.5 Å². The number of ether oxygens (including phenoxy) is 2. The van der Waals surface area contributed by atoms with Gasteiger partial charge in [0.2, 0.25) is 11.2 Å². The molecule has 0 bridgehead atoms. The van der Waals surface area contributed by atoms with Crippen LogP contribution in [0.25, 0.3) is 10.9 Å². The molecule has 3 rings (SSSR count). The van der Waals surface area contributed by atoms with E-state index in [2.05, 4.69) is 10.3 Å². The third-order valence-electron chi connectivity index (χ3n) is 3.90. The summed E-state index contributed by atoms with van der Waals surface area (Å²) in [6, 6.07) is 6.90. The molecule has 7 nitrogen and oxygen atoms in total. The van der Waals surface area contributed by atoms with Gasteiger partial charge in [-0.3, -0.25) is 9.59 Å². The van der Waals surface area contributed by atoms with Gasteiger partial charge in [0.1, 0.15) is 12.0 Å². The molecule has 0 unspecified atom stereocenters. The molecule has 0 saturated carbocycles. The number of aromatic amines is 1. The van der Waals surface area contributed by atoms with Crippen LogP contribution in [0.2, 0.25) is 0 Å². The van der Waals surface area contributed by atoms with Crippen molar-refractivity contribution >= 4 is 16.8 Å². The van der Waals surface area contributed by atoms with E-state index in [1.165, 1.54) is 7.11 Å². The minimum absolute atomic E-state index is 0.0496. The summed E-state index contributed by atoms with van der Waals surface area (Å²) >= 11 is 0. The summed E-state index contributed by atoms with van der Waals surface area (Å²) in [6.07, 6.45) is 3.66. The first-order valence-corrected chi connectivity index (χ1v) is 7.71. The summed E-state index contributed by atoms with van der Waals surface area (Å²) in [6.45, 7) is 0.402. The van der Waals surface area contributed by atoms with Gasteiger partial charge in [0, 0.05) is 29.7 Å². The minimum atomic E-state index is -0.447. The summed E-state index contributed by atoms with van der Waals surface area (Å²) < 4.78 is 15.2. The van der Waals surface area contributed by atoms with Crippen molar-refractivity contribution in [2.75, 3.05) is 20.8 Å². The Labute approximate surface area is 143 Å². The van der Waals surface area contributed by atoms with E-state index in [4.69, 9.17) is 13.9 Å². The Hall–Kier alpha value is -3.22. The van der Waals surface area contributed by atoms with Crippen molar-refractivity contribution in [3.05, 3.63) is 58.3 Å². The van der Waals surface area contributed by atoms with E-state index in [1.54, 1.807) is 7.11 Å². The van der Waals surface area contributed by atoms with Gasteiger partial charge in [0.15, 0.2) is 5.76 Å². The zero-order valence-electron chi connectivity index (χ0n) is 13.9. The standard InChI is InChI=1S/C18H18N2O5/c1-23-12-3-4-14-13(7-12)11(9-20-14)5-6-19-18(22)16-8-15(21)17(24-2)10-25-16/h3-4,7-10,20H,5-6H2,1-2H3,(H,19,22). The summed E-state index contributed by atoms with van der Waals surface area (Å²) in [7, 11) is 2.98. The summed E-state index contributed by atoms with van der Waals surface area (Å²) in [5, 5.41) is 3.78. The molecule has 2 aromatic heterocycles. The van der Waals surface area contributed by atoms with E-state index < -0.39 is 11.3 Å². The second-order valence-electron chi connectivity index (χ2n) is 5.41. The highest BCUT2D eigenvalue weighted by atomic mass is 16.5. The van der Waals surface area contributed by atoms with Crippen molar-refractivity contribution in [1.29, 1.82) is 0 Å². The Morgan fingerprint density at radius 1 is 1.24 bits per heavy atom. The summed E-state index contributed by atoms with van der Waals surface area (Å²) in [5.41, 5.74) is 1.66. The molecule has 1 amide bonds. The van der Waals surface area contributed by atoms with Gasteiger partial charge in [0.25, 0.3) is 5.91 Å². The van der Waals surface area contributed by atoms with Gasteiger partial charge in [-0.25, -0.2) is 0 Å². The molecule has 0 aliphatic heterocycles. The second-order valence-corrected chi connectivity index (χ2v) is 5.41. The van der Waals surface area contributed by atoms with Crippen molar-refractivity contribution in [2.24, 2.45) is 0 Å². The predicted octanol–water partition coefficient (Wildman–Crippen LogP) is 2.11. The van der Waals surface area contributed by atoms with Gasteiger partial charge in [-0.2, -0.15) is 0 Å². The zero-order chi connectivity index (χ0) is 17.8. The molecular formula is C18H18N2O5. The van der Waals surface area contributed by atoms with Crippen LogP contribution in [0.5, 0.6) is 11.5 Å². The molecule has 130 valence electrons. The number of carbonyl (C=O) groups excluding carboxylic acids is 1. The maximum atomic E-state index is 12.1. The number of methoxy groups -OCH3 is 2. The number of fused-ring (bicyclic) bond motifs is 1. The molecule has 0 aliphatic carbocycles. The van der Waals surface area contributed by atoms with Crippen molar-refractivity contribution in [3.8, 4) is 11.5 Å². The Balaban J connectivity index is 1.65. The van der Waals surface area contributed by atoms with Crippen LogP contribution >= 0.6 is 0 Å². The number of hydrogen-bond donors (Lipinski definition) is 2. The number of benzene rings is 1. The van der Waals surface area contributed by atoms with Crippen LogP contribution in [0.3, 0.4) is 0 Å². The molecular weight excluding hydrogens is 324 g/mol. The quantitative estimate of drug-likeness (QED) is 0.716. The molecule has 7 heteroatoms. The first kappa shape index (κ1) is 16.6. The number of nitrogens with one attached hydrogen (secondary N) is 2. The lowest BCUT2D eigenvalue weighted by Crippen LogP contribution is -2.26. The van der Waals surface area contributed by atoms with Gasteiger partial charge < -0.3 is 24.2 Å². The topological polar surface area (TPSA) is 93.6 Å². The fourth-order valence-corrected chi connectivity index (χ4v) is 2.56. The lowest BCUT2D eigenvalue weighted by atomic mass is 10.1. The maximum Gasteiger partial charge on any atom is 0.287 e. The third kappa shape index (κ3) is 3.50. The zero-order valence-corrected chi connectivity index (χ0v) is 13.9. The Morgan fingerprint density at radius 3 is 2.80 bits per heavy atom. The lowest BCUT2D eigenvalue weighted by Gasteiger charge is -2.05. The van der Waals surface area contributed by atoms with E-state index in [9.17, 15) is 9.59 Å². The van der Waals surface area contributed by atoms with Crippen molar-refractivity contribution in [2.45, 2.75) is 6.42 Å². The number of H-pyrrole nitrogens is 1. The second kappa shape index (κ2) is 7.12. The monoisotopic (exact) mass is 342 g/mol. The van der Waals surface area contributed by atoms with E-state index >= 15 is 0 Å². The predicted molar refractivity (Wildman–Crippen MR) is 92.4 cm³/mol. The molecule has 0 saturated heterocycles. The van der Waals surface area contributed by atoms with Crippen LogP contribution in [0.1, 0.15) is 16.1 Å². The lowest BCUT2D eigenvalue weighted by molar-refractivity contribution is 0.0923. The molecule has 2 heterocycles. The normalized spacial score (nSPS) is 10.6. The summed E-state index contributed by atoms with van der Waals surface area (Å²) in [4.78, 5) is 26.9. The van der Waals surface area contributed by atoms with Gasteiger partial charge in [0.05, 0.1) is 14.2 Å². The van der Waals surface area contributed by atoms with E-state index in [1.807, 2.05) is 24.4 Å². The van der Waals surface area contributed by atoms with Crippen molar-refractivity contribution in [1.82, 2.24) is 10.3 Å². The Bertz CT molecular complexity index is 957. The molecule has 3 aromatic rings. The highest BCUT2D eigenvalue weighted by molar-refractivity contribution is 5.91. The van der Waals surface area contributed by atoms with Gasteiger partial charge in [-0.05, 0) is 30.2 Å². The smallest absolute Gasteiger partial charge is 0.287 e. The van der Waals surface area contributed by atoms with Crippen LogP contribution in [-0.2, 0) is 6.42 Å². The largest absolute Gasteiger partial charge is 0.497 e. The maximum absolute atomic E-state index is 12.1. The van der Waals surface area contributed by atoms with Crippen LogP contribution in [0.4, 0.5) is 0 Å². The molecule has 0 fully saturated rings. The number of amides is 1. The number of rotatable bonds is 6. The SMILES string of the molecule is COc1ccc2[nH]cc(CCNC(=O)c3cc(=O)c(OC)co3)c2c1. The Morgan fingerprint density at radius 2 is 2.08 bits per heavy atom. The fourth-order valence-electron chi connectivity index (χ4n) is 2.56. The van der Waals surface area contributed by atoms with E-state index in [-0.39, 0.29) is 11.5 Å². The highest BCUT2D eigenvalue weighted by Crippen LogP contribution is 2.23. The van der Waals surface area contributed by atoms with Gasteiger partial charge in [-0.15, -0.1) is 0 Å². The van der Waals surface area contributed by atoms with Crippen molar-refractivity contribution in [3.63, 3.8) is 0 Å². The highest BCUT2D eigenvalue weighted by Gasteiger charge is 2.12. The average molecular weight is 342 g/mol. The van der Waals surface area contributed by atoms with Crippen LogP contribution in [0, 0.1) is 0 Å². The number of aromatic nitrogens is 1. The fraction of sp³-hybridized carbons (Fsp3) is 0.222. The molecule has 0 spiro atoms. The molecule has 0 aliphatic rings. The third-order valence-corrected chi connectivity index (χ3v) is 3.90. The molecule has 0 radical (unpaired) electrons. The molecule has 25 heavy (non-hydrogen) atoms.